The highest BCUT2D eigenvalue weighted by Gasteiger charge is 2.22. The molecule has 5 heteroatoms. The first-order valence-corrected chi connectivity index (χ1v) is 7.25. The second-order valence-electron chi connectivity index (χ2n) is 4.14. The van der Waals surface area contributed by atoms with Crippen molar-refractivity contribution >= 4 is 21.6 Å². The molecule has 0 aromatic carbocycles. The molecule has 0 amide bonds. The normalized spacial score (nSPS) is 28.1. The van der Waals surface area contributed by atoms with E-state index < -0.39 is 10.0 Å². The fourth-order valence-electron chi connectivity index (χ4n) is 1.93. The maximum absolute atomic E-state index is 11.3. The zero-order chi connectivity index (χ0) is 10.6. The van der Waals surface area contributed by atoms with E-state index >= 15 is 0 Å². The molecule has 0 saturated heterocycles. The Morgan fingerprint density at radius 1 is 1.43 bits per heavy atom. The smallest absolute Gasteiger partial charge is 0.212 e. The lowest BCUT2D eigenvalue weighted by molar-refractivity contribution is 0.499. The Balaban J connectivity index is 2.26. The minimum absolute atomic E-state index is 0.0246. The van der Waals surface area contributed by atoms with Gasteiger partial charge in [-0.25, -0.2) is 13.1 Å². The molecule has 1 rings (SSSR count). The Labute approximate surface area is 91.3 Å². The highest BCUT2D eigenvalue weighted by molar-refractivity contribution is 7.89. The molecule has 0 spiro atoms. The molecule has 84 valence electrons. The van der Waals surface area contributed by atoms with Gasteiger partial charge in [0.25, 0.3) is 0 Å². The SMILES string of the molecule is CC1CCC(CNS(=O)(=O)CCCl)C1. The number of sulfonamides is 1. The molecule has 1 aliphatic carbocycles. The molecular weight excluding hydrogens is 222 g/mol. The molecule has 0 heterocycles. The molecule has 1 saturated carbocycles. The van der Waals surface area contributed by atoms with Gasteiger partial charge in [0.15, 0.2) is 0 Å². The summed E-state index contributed by atoms with van der Waals surface area (Å²) >= 11 is 5.39. The van der Waals surface area contributed by atoms with Crippen LogP contribution in [0.3, 0.4) is 0 Å². The number of hydrogen-bond acceptors (Lipinski definition) is 2. The number of hydrogen-bond donors (Lipinski definition) is 1. The molecular formula is C9H18ClNO2S. The van der Waals surface area contributed by atoms with Gasteiger partial charge < -0.3 is 0 Å². The van der Waals surface area contributed by atoms with Crippen molar-refractivity contribution in [1.29, 1.82) is 0 Å². The van der Waals surface area contributed by atoms with Crippen LogP contribution in [-0.4, -0.2) is 26.6 Å². The largest absolute Gasteiger partial charge is 0.215 e. The van der Waals surface area contributed by atoms with Gasteiger partial charge in [0.1, 0.15) is 0 Å². The molecule has 0 aromatic rings. The average molecular weight is 240 g/mol. The molecule has 14 heavy (non-hydrogen) atoms. The third-order valence-corrected chi connectivity index (χ3v) is 4.50. The van der Waals surface area contributed by atoms with E-state index in [1.54, 1.807) is 0 Å². The summed E-state index contributed by atoms with van der Waals surface area (Å²) in [6, 6.07) is 0. The van der Waals surface area contributed by atoms with Crippen LogP contribution in [0.5, 0.6) is 0 Å². The van der Waals surface area contributed by atoms with E-state index in [9.17, 15) is 8.42 Å². The van der Waals surface area contributed by atoms with E-state index in [1.807, 2.05) is 0 Å². The van der Waals surface area contributed by atoms with Crippen molar-refractivity contribution in [2.75, 3.05) is 18.2 Å². The molecule has 2 unspecified atom stereocenters. The van der Waals surface area contributed by atoms with Crippen LogP contribution in [0.4, 0.5) is 0 Å². The van der Waals surface area contributed by atoms with Crippen LogP contribution >= 0.6 is 11.6 Å². The van der Waals surface area contributed by atoms with Gasteiger partial charge in [0.05, 0.1) is 5.75 Å². The summed E-state index contributed by atoms with van der Waals surface area (Å²) < 4.78 is 25.2. The van der Waals surface area contributed by atoms with E-state index in [-0.39, 0.29) is 11.6 Å². The number of halogens is 1. The first-order chi connectivity index (χ1) is 6.53. The lowest BCUT2D eigenvalue weighted by Crippen LogP contribution is -2.31. The Hall–Kier alpha value is 0.200. The molecule has 0 radical (unpaired) electrons. The van der Waals surface area contributed by atoms with Crippen LogP contribution < -0.4 is 4.72 Å². The standard InChI is InChI=1S/C9H18ClNO2S/c1-8-2-3-9(6-8)7-11-14(12,13)5-4-10/h8-9,11H,2-7H2,1H3. The predicted molar refractivity (Wildman–Crippen MR) is 59.0 cm³/mol. The average Bonchev–Trinajstić information content (AvgIpc) is 2.48. The van der Waals surface area contributed by atoms with Crippen molar-refractivity contribution in [3.8, 4) is 0 Å². The van der Waals surface area contributed by atoms with Crippen molar-refractivity contribution < 1.29 is 8.42 Å². The van der Waals surface area contributed by atoms with Crippen LogP contribution in [0.1, 0.15) is 26.2 Å². The summed E-state index contributed by atoms with van der Waals surface area (Å²) in [5.41, 5.74) is 0. The Morgan fingerprint density at radius 3 is 2.64 bits per heavy atom. The summed E-state index contributed by atoms with van der Waals surface area (Å²) in [6.07, 6.45) is 3.51. The Morgan fingerprint density at radius 2 is 2.14 bits per heavy atom. The summed E-state index contributed by atoms with van der Waals surface area (Å²) in [6.45, 7) is 2.80. The zero-order valence-corrected chi connectivity index (χ0v) is 10.1. The van der Waals surface area contributed by atoms with Crippen molar-refractivity contribution in [2.45, 2.75) is 26.2 Å². The van der Waals surface area contributed by atoms with Crippen LogP contribution in [0.25, 0.3) is 0 Å². The summed E-state index contributed by atoms with van der Waals surface area (Å²) in [4.78, 5) is 0. The van der Waals surface area contributed by atoms with E-state index in [0.29, 0.717) is 12.5 Å². The Kier molecular flexibility index (Phi) is 4.67. The van der Waals surface area contributed by atoms with Crippen molar-refractivity contribution in [2.24, 2.45) is 11.8 Å². The molecule has 1 aliphatic rings. The van der Waals surface area contributed by atoms with Crippen LogP contribution in [0, 0.1) is 11.8 Å². The molecule has 2 atom stereocenters. The van der Waals surface area contributed by atoms with Crippen molar-refractivity contribution in [3.05, 3.63) is 0 Å². The molecule has 3 nitrogen and oxygen atoms in total. The van der Waals surface area contributed by atoms with Gasteiger partial charge in [-0.05, 0) is 24.7 Å². The predicted octanol–water partition coefficient (Wildman–Crippen LogP) is 1.58. The fourth-order valence-corrected chi connectivity index (χ4v) is 3.38. The highest BCUT2D eigenvalue weighted by Crippen LogP contribution is 2.29. The van der Waals surface area contributed by atoms with Crippen LogP contribution in [0.2, 0.25) is 0 Å². The van der Waals surface area contributed by atoms with Gasteiger partial charge in [-0.1, -0.05) is 13.3 Å². The summed E-state index contributed by atoms with van der Waals surface area (Å²) in [7, 11) is -3.12. The van der Waals surface area contributed by atoms with E-state index in [0.717, 1.165) is 18.8 Å². The van der Waals surface area contributed by atoms with E-state index in [2.05, 4.69) is 11.6 Å². The zero-order valence-electron chi connectivity index (χ0n) is 8.50. The second kappa shape index (κ2) is 5.33. The third kappa shape index (κ3) is 4.15. The minimum Gasteiger partial charge on any atom is -0.215 e. The fraction of sp³-hybridized carbons (Fsp3) is 1.00. The minimum atomic E-state index is -3.12. The Bertz CT molecular complexity index is 266. The molecule has 0 aromatic heterocycles. The van der Waals surface area contributed by atoms with Crippen molar-refractivity contribution in [1.82, 2.24) is 4.72 Å². The monoisotopic (exact) mass is 239 g/mol. The maximum atomic E-state index is 11.3. The van der Waals surface area contributed by atoms with Gasteiger partial charge in [0.2, 0.25) is 10.0 Å². The molecule has 1 N–H and O–H groups in total. The van der Waals surface area contributed by atoms with Crippen LogP contribution in [0.15, 0.2) is 0 Å². The topological polar surface area (TPSA) is 46.2 Å². The first kappa shape index (κ1) is 12.3. The van der Waals surface area contributed by atoms with E-state index in [1.165, 1.54) is 6.42 Å². The summed E-state index contributed by atoms with van der Waals surface area (Å²) in [5.74, 6) is 1.46. The second-order valence-corrected chi connectivity index (χ2v) is 6.44. The van der Waals surface area contributed by atoms with Gasteiger partial charge in [-0.15, -0.1) is 11.6 Å². The molecule has 1 fully saturated rings. The lowest BCUT2D eigenvalue weighted by atomic mass is 10.1. The quantitative estimate of drug-likeness (QED) is 0.741. The molecule has 0 bridgehead atoms. The van der Waals surface area contributed by atoms with E-state index in [4.69, 9.17) is 11.6 Å². The third-order valence-electron chi connectivity index (χ3n) is 2.74. The van der Waals surface area contributed by atoms with Gasteiger partial charge in [0, 0.05) is 12.4 Å². The number of nitrogens with one attached hydrogen (secondary N) is 1. The molecule has 0 aliphatic heterocycles. The van der Waals surface area contributed by atoms with Gasteiger partial charge >= 0.3 is 0 Å². The maximum Gasteiger partial charge on any atom is 0.212 e. The first-order valence-electron chi connectivity index (χ1n) is 5.07. The number of rotatable bonds is 5. The van der Waals surface area contributed by atoms with Crippen molar-refractivity contribution in [3.63, 3.8) is 0 Å². The summed E-state index contributed by atoms with van der Waals surface area (Å²) in [5, 5.41) is 0. The van der Waals surface area contributed by atoms with Gasteiger partial charge in [-0.3, -0.25) is 0 Å². The highest BCUT2D eigenvalue weighted by atomic mass is 35.5. The van der Waals surface area contributed by atoms with Crippen LogP contribution in [-0.2, 0) is 10.0 Å². The lowest BCUT2D eigenvalue weighted by Gasteiger charge is -2.10. The number of alkyl halides is 1. The van der Waals surface area contributed by atoms with Gasteiger partial charge in [-0.2, -0.15) is 0 Å².